The summed E-state index contributed by atoms with van der Waals surface area (Å²) >= 11 is 0. The molecule has 102 valence electrons. The highest BCUT2D eigenvalue weighted by atomic mass is 16.5. The van der Waals surface area contributed by atoms with Crippen molar-refractivity contribution in [1.82, 2.24) is 10.2 Å². The van der Waals surface area contributed by atoms with Crippen LogP contribution in [0.15, 0.2) is 0 Å². The van der Waals surface area contributed by atoms with Gasteiger partial charge in [-0.05, 0) is 51.9 Å². The minimum absolute atomic E-state index is 0.700. The number of hydrogen-bond acceptors (Lipinski definition) is 4. The maximum atomic E-state index is 5.49. The van der Waals surface area contributed by atoms with Gasteiger partial charge in [0.25, 0.3) is 0 Å². The molecule has 0 spiro atoms. The Morgan fingerprint density at radius 3 is 2.59 bits per heavy atom. The van der Waals surface area contributed by atoms with Gasteiger partial charge in [0.2, 0.25) is 0 Å². The normalized spacial score (nSPS) is 18.7. The molecule has 0 aromatic rings. The molecule has 0 unspecified atom stereocenters. The number of likely N-dealkylation sites (tertiary alicyclic amines) is 1. The van der Waals surface area contributed by atoms with E-state index >= 15 is 0 Å². The van der Waals surface area contributed by atoms with Crippen LogP contribution < -0.4 is 5.32 Å². The number of hydrogen-bond donors (Lipinski definition) is 1. The van der Waals surface area contributed by atoms with Gasteiger partial charge in [-0.25, -0.2) is 0 Å². The van der Waals surface area contributed by atoms with Crippen LogP contribution in [0.1, 0.15) is 19.3 Å². The van der Waals surface area contributed by atoms with Crippen LogP contribution >= 0.6 is 0 Å². The van der Waals surface area contributed by atoms with Gasteiger partial charge in [-0.15, -0.1) is 0 Å². The van der Waals surface area contributed by atoms with Gasteiger partial charge >= 0.3 is 0 Å². The first-order valence-electron chi connectivity index (χ1n) is 6.80. The lowest BCUT2D eigenvalue weighted by Crippen LogP contribution is -2.36. The van der Waals surface area contributed by atoms with E-state index in [1.807, 2.05) is 7.05 Å². The van der Waals surface area contributed by atoms with Crippen molar-refractivity contribution in [1.29, 1.82) is 0 Å². The van der Waals surface area contributed by atoms with E-state index in [9.17, 15) is 0 Å². The van der Waals surface area contributed by atoms with Crippen LogP contribution in [0.3, 0.4) is 0 Å². The molecule has 1 rings (SSSR count). The molecular weight excluding hydrogens is 216 g/mol. The molecule has 0 amide bonds. The van der Waals surface area contributed by atoms with E-state index in [0.717, 1.165) is 32.2 Å². The minimum atomic E-state index is 0.700. The van der Waals surface area contributed by atoms with Crippen LogP contribution in [-0.4, -0.2) is 65.1 Å². The van der Waals surface area contributed by atoms with E-state index in [4.69, 9.17) is 9.47 Å². The topological polar surface area (TPSA) is 33.7 Å². The van der Waals surface area contributed by atoms with E-state index in [0.29, 0.717) is 6.61 Å². The summed E-state index contributed by atoms with van der Waals surface area (Å²) in [4.78, 5) is 2.52. The van der Waals surface area contributed by atoms with E-state index < -0.39 is 0 Å². The van der Waals surface area contributed by atoms with Crippen LogP contribution in [0.5, 0.6) is 0 Å². The van der Waals surface area contributed by atoms with Crippen molar-refractivity contribution in [3.05, 3.63) is 0 Å². The Hall–Kier alpha value is -0.160. The van der Waals surface area contributed by atoms with Crippen LogP contribution in [0, 0.1) is 5.92 Å². The van der Waals surface area contributed by atoms with Gasteiger partial charge in [-0.3, -0.25) is 0 Å². The fraction of sp³-hybridized carbons (Fsp3) is 1.00. The third-order valence-corrected chi connectivity index (χ3v) is 3.49. The maximum Gasteiger partial charge on any atom is 0.0700 e. The average Bonchev–Trinajstić information content (AvgIpc) is 2.37. The second-order valence-electron chi connectivity index (χ2n) is 4.78. The third kappa shape index (κ3) is 6.99. The summed E-state index contributed by atoms with van der Waals surface area (Å²) in [5, 5.41) is 3.23. The van der Waals surface area contributed by atoms with Crippen LogP contribution in [0.4, 0.5) is 0 Å². The fourth-order valence-corrected chi connectivity index (χ4v) is 2.29. The zero-order valence-electron chi connectivity index (χ0n) is 11.4. The molecule has 1 aliphatic rings. The second-order valence-corrected chi connectivity index (χ2v) is 4.78. The molecule has 0 atom stereocenters. The van der Waals surface area contributed by atoms with Crippen molar-refractivity contribution in [2.45, 2.75) is 19.3 Å². The molecule has 0 aromatic carbocycles. The van der Waals surface area contributed by atoms with Gasteiger partial charge in [0.15, 0.2) is 0 Å². The highest BCUT2D eigenvalue weighted by molar-refractivity contribution is 4.72. The predicted octanol–water partition coefficient (Wildman–Crippen LogP) is 0.971. The van der Waals surface area contributed by atoms with Gasteiger partial charge in [-0.2, -0.15) is 0 Å². The Kier molecular flexibility index (Phi) is 8.61. The van der Waals surface area contributed by atoms with Crippen molar-refractivity contribution in [2.75, 3.05) is 60.2 Å². The molecule has 0 bridgehead atoms. The molecule has 0 saturated carbocycles. The zero-order chi connectivity index (χ0) is 12.3. The Morgan fingerprint density at radius 2 is 1.94 bits per heavy atom. The van der Waals surface area contributed by atoms with E-state index in [-0.39, 0.29) is 0 Å². The molecule has 1 fully saturated rings. The van der Waals surface area contributed by atoms with E-state index in [2.05, 4.69) is 10.2 Å². The monoisotopic (exact) mass is 244 g/mol. The van der Waals surface area contributed by atoms with E-state index in [1.54, 1.807) is 7.11 Å². The summed E-state index contributed by atoms with van der Waals surface area (Å²) in [7, 11) is 3.74. The van der Waals surface area contributed by atoms with Gasteiger partial charge in [0.1, 0.15) is 0 Å². The molecule has 4 nitrogen and oxygen atoms in total. The second kappa shape index (κ2) is 9.83. The summed E-state index contributed by atoms with van der Waals surface area (Å²) in [6, 6.07) is 0. The molecule has 0 radical (unpaired) electrons. The predicted molar refractivity (Wildman–Crippen MR) is 70.4 cm³/mol. The summed E-state index contributed by atoms with van der Waals surface area (Å²) in [5.74, 6) is 0.924. The molecule has 1 aliphatic heterocycles. The largest absolute Gasteiger partial charge is 0.382 e. The Morgan fingerprint density at radius 1 is 1.18 bits per heavy atom. The van der Waals surface area contributed by atoms with Crippen molar-refractivity contribution >= 4 is 0 Å². The number of rotatable bonds is 9. The van der Waals surface area contributed by atoms with E-state index in [1.165, 1.54) is 32.4 Å². The van der Waals surface area contributed by atoms with Gasteiger partial charge in [0, 0.05) is 13.7 Å². The maximum absolute atomic E-state index is 5.49. The molecule has 1 heterocycles. The van der Waals surface area contributed by atoms with Crippen LogP contribution in [0.2, 0.25) is 0 Å². The first-order chi connectivity index (χ1) is 8.36. The first kappa shape index (κ1) is 14.9. The number of ether oxygens (including phenoxy) is 2. The third-order valence-electron chi connectivity index (χ3n) is 3.49. The molecule has 17 heavy (non-hydrogen) atoms. The van der Waals surface area contributed by atoms with Crippen molar-refractivity contribution in [3.63, 3.8) is 0 Å². The molecule has 1 saturated heterocycles. The highest BCUT2D eigenvalue weighted by Gasteiger charge is 2.18. The SMILES string of the molecule is CNCCC1CCN(CCOCCOC)CC1. The molecular formula is C13H28N2O2. The first-order valence-corrected chi connectivity index (χ1v) is 6.80. The average molecular weight is 244 g/mol. The van der Waals surface area contributed by atoms with Crippen LogP contribution in [-0.2, 0) is 9.47 Å². The minimum Gasteiger partial charge on any atom is -0.382 e. The Bertz CT molecular complexity index is 168. The van der Waals surface area contributed by atoms with Gasteiger partial charge in [0.05, 0.1) is 19.8 Å². The summed E-state index contributed by atoms with van der Waals surface area (Å²) < 4.78 is 10.4. The fourth-order valence-electron chi connectivity index (χ4n) is 2.29. The lowest BCUT2D eigenvalue weighted by atomic mass is 9.93. The Balaban J connectivity index is 1.95. The van der Waals surface area contributed by atoms with Crippen molar-refractivity contribution in [2.24, 2.45) is 5.92 Å². The quantitative estimate of drug-likeness (QED) is 0.613. The summed E-state index contributed by atoms with van der Waals surface area (Å²) in [6.45, 7) is 6.96. The summed E-state index contributed by atoms with van der Waals surface area (Å²) in [6.07, 6.45) is 4.02. The van der Waals surface area contributed by atoms with Gasteiger partial charge < -0.3 is 19.7 Å². The number of piperidine rings is 1. The molecule has 4 heteroatoms. The van der Waals surface area contributed by atoms with Crippen LogP contribution in [0.25, 0.3) is 0 Å². The zero-order valence-corrected chi connectivity index (χ0v) is 11.4. The highest BCUT2D eigenvalue weighted by Crippen LogP contribution is 2.19. The number of nitrogens with one attached hydrogen (secondary N) is 1. The number of methoxy groups -OCH3 is 1. The number of nitrogens with zero attached hydrogens (tertiary/aromatic N) is 1. The lowest BCUT2D eigenvalue weighted by molar-refractivity contribution is 0.0507. The summed E-state index contributed by atoms with van der Waals surface area (Å²) in [5.41, 5.74) is 0. The molecule has 1 N–H and O–H groups in total. The lowest BCUT2D eigenvalue weighted by Gasteiger charge is -2.31. The molecule has 0 aromatic heterocycles. The smallest absolute Gasteiger partial charge is 0.0700 e. The Labute approximate surface area is 106 Å². The van der Waals surface area contributed by atoms with Gasteiger partial charge in [-0.1, -0.05) is 0 Å². The van der Waals surface area contributed by atoms with Crippen molar-refractivity contribution < 1.29 is 9.47 Å². The molecule has 0 aliphatic carbocycles. The van der Waals surface area contributed by atoms with Crippen molar-refractivity contribution in [3.8, 4) is 0 Å². The standard InChI is InChI=1S/C13H28N2O2/c1-14-6-3-13-4-7-15(8-5-13)9-10-17-12-11-16-2/h13-14H,3-12H2,1-2H3.